The molecule has 0 spiro atoms. The van der Waals surface area contributed by atoms with E-state index in [2.05, 4.69) is 0 Å². The van der Waals surface area contributed by atoms with Crippen molar-refractivity contribution in [2.45, 2.75) is 33.6 Å². The van der Waals surface area contributed by atoms with E-state index in [4.69, 9.17) is 23.2 Å². The van der Waals surface area contributed by atoms with Gasteiger partial charge in [-0.1, -0.05) is 44.0 Å². The van der Waals surface area contributed by atoms with Crippen LogP contribution in [0.25, 0.3) is 0 Å². The van der Waals surface area contributed by atoms with Gasteiger partial charge in [-0.2, -0.15) is 0 Å². The smallest absolute Gasteiger partial charge is 0.240 e. The number of fused-ring (bicyclic) bond motifs is 2. The molecule has 2 aliphatic rings. The Morgan fingerprint density at radius 1 is 1.19 bits per heavy atom. The minimum atomic E-state index is -0.544. The summed E-state index contributed by atoms with van der Waals surface area (Å²) in [6.45, 7) is 5.97. The lowest BCUT2D eigenvalue weighted by Gasteiger charge is -2.47. The zero-order valence-electron chi connectivity index (χ0n) is 12.2. The van der Waals surface area contributed by atoms with E-state index in [-0.39, 0.29) is 23.1 Å². The normalized spacial score (nSPS) is 30.9. The third-order valence-corrected chi connectivity index (χ3v) is 6.12. The number of carbonyl (C=O) groups excluding carboxylic acids is 2. The average Bonchev–Trinajstić information content (AvgIpc) is 2.59. The molecule has 1 aromatic carbocycles. The highest BCUT2D eigenvalue weighted by atomic mass is 35.5. The summed E-state index contributed by atoms with van der Waals surface area (Å²) in [7, 11) is 0. The van der Waals surface area contributed by atoms with E-state index < -0.39 is 5.41 Å². The van der Waals surface area contributed by atoms with Crippen LogP contribution in [0.5, 0.6) is 0 Å². The number of anilines is 1. The number of nitrogens with zero attached hydrogens (tertiary/aromatic N) is 1. The van der Waals surface area contributed by atoms with Crippen molar-refractivity contribution in [3.63, 3.8) is 0 Å². The first-order valence-corrected chi connectivity index (χ1v) is 7.79. The highest BCUT2D eigenvalue weighted by Crippen LogP contribution is 2.60. The molecular formula is C16H17Cl2NO2. The summed E-state index contributed by atoms with van der Waals surface area (Å²) in [5, 5.41) is 0.820. The first kappa shape index (κ1) is 14.9. The predicted octanol–water partition coefficient (Wildman–Crippen LogP) is 4.31. The maximum atomic E-state index is 13.0. The summed E-state index contributed by atoms with van der Waals surface area (Å²) < 4.78 is 0. The van der Waals surface area contributed by atoms with E-state index in [0.29, 0.717) is 15.7 Å². The molecule has 2 bridgehead atoms. The van der Waals surface area contributed by atoms with Gasteiger partial charge in [0.1, 0.15) is 0 Å². The van der Waals surface area contributed by atoms with Gasteiger partial charge in [-0.15, -0.1) is 0 Å². The van der Waals surface area contributed by atoms with Crippen LogP contribution in [-0.2, 0) is 9.59 Å². The Kier molecular flexibility index (Phi) is 3.16. The minimum Gasteiger partial charge on any atom is -0.274 e. The average molecular weight is 326 g/mol. The molecule has 0 aromatic heterocycles. The maximum Gasteiger partial charge on any atom is 0.240 e. The first-order chi connectivity index (χ1) is 9.70. The first-order valence-electron chi connectivity index (χ1n) is 7.03. The lowest BCUT2D eigenvalue weighted by molar-refractivity contribution is -0.146. The summed E-state index contributed by atoms with van der Waals surface area (Å²) in [6, 6.07) is 4.84. The molecule has 1 aromatic rings. The molecular weight excluding hydrogens is 309 g/mol. The van der Waals surface area contributed by atoms with Gasteiger partial charge in [0.15, 0.2) is 0 Å². The number of hydrogen-bond acceptors (Lipinski definition) is 2. The molecule has 2 unspecified atom stereocenters. The molecule has 2 atom stereocenters. The summed E-state index contributed by atoms with van der Waals surface area (Å²) in [5.74, 6) is -0.491. The van der Waals surface area contributed by atoms with Crippen LogP contribution in [0.15, 0.2) is 18.2 Å². The summed E-state index contributed by atoms with van der Waals surface area (Å²) >= 11 is 12.2. The molecule has 21 heavy (non-hydrogen) atoms. The molecule has 112 valence electrons. The number of piperidine rings is 1. The number of amides is 2. The van der Waals surface area contributed by atoms with Gasteiger partial charge in [-0.3, -0.25) is 9.59 Å². The second-order valence-electron chi connectivity index (χ2n) is 6.72. The Balaban J connectivity index is 2.16. The molecule has 2 amide bonds. The van der Waals surface area contributed by atoms with Gasteiger partial charge in [-0.25, -0.2) is 4.90 Å². The van der Waals surface area contributed by atoms with Gasteiger partial charge in [0, 0.05) is 10.9 Å². The van der Waals surface area contributed by atoms with Crippen molar-refractivity contribution >= 4 is 40.7 Å². The molecule has 5 heteroatoms. The monoisotopic (exact) mass is 325 g/mol. The largest absolute Gasteiger partial charge is 0.274 e. The molecule has 1 saturated carbocycles. The van der Waals surface area contributed by atoms with Crippen molar-refractivity contribution in [3.8, 4) is 0 Å². The number of imide groups is 1. The van der Waals surface area contributed by atoms with Crippen LogP contribution in [0.2, 0.25) is 10.0 Å². The second kappa shape index (κ2) is 4.47. The van der Waals surface area contributed by atoms with Gasteiger partial charge in [0.2, 0.25) is 11.8 Å². The molecule has 0 N–H and O–H groups in total. The van der Waals surface area contributed by atoms with Gasteiger partial charge in [-0.05, 0) is 36.5 Å². The lowest BCUT2D eigenvalue weighted by Crippen LogP contribution is -2.59. The molecule has 3 nitrogen and oxygen atoms in total. The second-order valence-corrected chi connectivity index (χ2v) is 7.56. The zero-order chi connectivity index (χ0) is 15.6. The number of rotatable bonds is 1. The number of halogens is 2. The molecule has 3 rings (SSSR count). The Hall–Kier alpha value is -1.06. The van der Waals surface area contributed by atoms with E-state index in [0.717, 1.165) is 12.8 Å². The van der Waals surface area contributed by atoms with E-state index >= 15 is 0 Å². The fourth-order valence-electron chi connectivity index (χ4n) is 3.70. The third-order valence-electron chi connectivity index (χ3n) is 5.57. The van der Waals surface area contributed by atoms with Crippen molar-refractivity contribution in [2.75, 3.05) is 4.90 Å². The fourth-order valence-corrected chi connectivity index (χ4v) is 4.07. The van der Waals surface area contributed by atoms with Crippen LogP contribution >= 0.6 is 23.2 Å². The maximum absolute atomic E-state index is 13.0. The minimum absolute atomic E-state index is 0.157. The SMILES string of the molecule is CC12CCC(C(=O)N(c3cc(Cl)ccc3Cl)C1=O)C2(C)C. The number of hydrogen-bond donors (Lipinski definition) is 0. The van der Waals surface area contributed by atoms with Crippen LogP contribution in [0.3, 0.4) is 0 Å². The van der Waals surface area contributed by atoms with E-state index in [1.165, 1.54) is 4.90 Å². The van der Waals surface area contributed by atoms with Crippen molar-refractivity contribution in [3.05, 3.63) is 28.2 Å². The Morgan fingerprint density at radius 2 is 1.86 bits per heavy atom. The van der Waals surface area contributed by atoms with Gasteiger partial charge in [0.25, 0.3) is 0 Å². The highest BCUT2D eigenvalue weighted by Gasteiger charge is 2.64. The highest BCUT2D eigenvalue weighted by molar-refractivity contribution is 6.37. The molecule has 2 fully saturated rings. The van der Waals surface area contributed by atoms with Crippen LogP contribution in [-0.4, -0.2) is 11.8 Å². The van der Waals surface area contributed by atoms with Crippen molar-refractivity contribution in [2.24, 2.45) is 16.7 Å². The summed E-state index contributed by atoms with van der Waals surface area (Å²) in [5.41, 5.74) is -0.479. The Morgan fingerprint density at radius 3 is 2.52 bits per heavy atom. The topological polar surface area (TPSA) is 37.4 Å². The quantitative estimate of drug-likeness (QED) is 0.721. The third kappa shape index (κ3) is 1.80. The molecule has 1 aliphatic carbocycles. The van der Waals surface area contributed by atoms with Gasteiger partial charge < -0.3 is 0 Å². The van der Waals surface area contributed by atoms with E-state index in [1.54, 1.807) is 18.2 Å². The molecule has 1 heterocycles. The predicted molar refractivity (Wildman–Crippen MR) is 83.6 cm³/mol. The zero-order valence-corrected chi connectivity index (χ0v) is 13.8. The fraction of sp³-hybridized carbons (Fsp3) is 0.500. The van der Waals surface area contributed by atoms with Crippen molar-refractivity contribution in [1.29, 1.82) is 0 Å². The van der Waals surface area contributed by atoms with Gasteiger partial charge in [0.05, 0.1) is 16.1 Å². The lowest BCUT2D eigenvalue weighted by atomic mass is 9.62. The summed E-state index contributed by atoms with van der Waals surface area (Å²) in [4.78, 5) is 27.1. The molecule has 0 radical (unpaired) electrons. The summed E-state index contributed by atoms with van der Waals surface area (Å²) in [6.07, 6.45) is 1.46. The van der Waals surface area contributed by atoms with Crippen LogP contribution in [0.4, 0.5) is 5.69 Å². The molecule has 1 saturated heterocycles. The van der Waals surface area contributed by atoms with Crippen LogP contribution < -0.4 is 4.90 Å². The van der Waals surface area contributed by atoms with Crippen LogP contribution in [0.1, 0.15) is 33.6 Å². The molecule has 1 aliphatic heterocycles. The van der Waals surface area contributed by atoms with E-state index in [1.807, 2.05) is 20.8 Å². The van der Waals surface area contributed by atoms with Crippen molar-refractivity contribution in [1.82, 2.24) is 0 Å². The Labute approximate surface area is 134 Å². The Bertz CT molecular complexity index is 656. The van der Waals surface area contributed by atoms with Crippen molar-refractivity contribution < 1.29 is 9.59 Å². The van der Waals surface area contributed by atoms with E-state index in [9.17, 15) is 9.59 Å². The number of carbonyl (C=O) groups is 2. The number of benzene rings is 1. The standard InChI is InChI=1S/C16H17Cl2NO2/c1-15(2)10-6-7-16(15,3)14(21)19(13(10)20)12-8-9(17)4-5-11(12)18/h4-5,8,10H,6-7H2,1-3H3. The van der Waals surface area contributed by atoms with Crippen LogP contribution in [0, 0.1) is 16.7 Å². The van der Waals surface area contributed by atoms with Gasteiger partial charge >= 0.3 is 0 Å².